The standard InChI is InChI=1S/C27H29ClN2O4/c1-33-24-8-3-20(4-9-24)5-11-26(31)29-13-2-14-30(16-15-29)27(32)12-6-21-17-22-18-23(28)7-10-25(22)34-19-21/h3-4,6-10,12,17-18H,2,5,11,13-16,19H2,1H3/b12-6+. The van der Waals surface area contributed by atoms with E-state index in [9.17, 15) is 9.59 Å². The quantitative estimate of drug-likeness (QED) is 0.576. The monoisotopic (exact) mass is 480 g/mol. The van der Waals surface area contributed by atoms with E-state index in [1.54, 1.807) is 25.3 Å². The van der Waals surface area contributed by atoms with Crippen LogP contribution in [0.5, 0.6) is 11.5 Å². The van der Waals surface area contributed by atoms with Crippen LogP contribution in [0.1, 0.15) is 24.0 Å². The summed E-state index contributed by atoms with van der Waals surface area (Å²) in [4.78, 5) is 29.2. The first-order chi connectivity index (χ1) is 16.5. The minimum Gasteiger partial charge on any atom is -0.497 e. The Kier molecular flexibility index (Phi) is 7.91. The molecule has 2 aliphatic rings. The van der Waals surface area contributed by atoms with Crippen molar-refractivity contribution in [2.45, 2.75) is 19.3 Å². The van der Waals surface area contributed by atoms with Crippen molar-refractivity contribution in [1.29, 1.82) is 0 Å². The molecule has 0 spiro atoms. The van der Waals surface area contributed by atoms with E-state index >= 15 is 0 Å². The van der Waals surface area contributed by atoms with E-state index in [4.69, 9.17) is 21.1 Å². The molecular weight excluding hydrogens is 452 g/mol. The van der Waals surface area contributed by atoms with Crippen LogP contribution in [-0.4, -0.2) is 61.5 Å². The van der Waals surface area contributed by atoms with Crippen molar-refractivity contribution < 1.29 is 19.1 Å². The SMILES string of the molecule is COc1ccc(CCC(=O)N2CCCN(C(=O)/C=C/C3=Cc4cc(Cl)ccc4OC3)CC2)cc1. The normalized spacial score (nSPS) is 15.9. The van der Waals surface area contributed by atoms with Crippen LogP contribution in [0.3, 0.4) is 0 Å². The number of carbonyl (C=O) groups excluding carboxylic acids is 2. The number of rotatable bonds is 6. The Balaban J connectivity index is 1.27. The maximum atomic E-state index is 12.8. The van der Waals surface area contributed by atoms with Crippen LogP contribution in [-0.2, 0) is 16.0 Å². The summed E-state index contributed by atoms with van der Waals surface area (Å²) >= 11 is 6.07. The van der Waals surface area contributed by atoms with E-state index in [1.807, 2.05) is 52.3 Å². The van der Waals surface area contributed by atoms with E-state index in [0.717, 1.165) is 34.6 Å². The lowest BCUT2D eigenvalue weighted by molar-refractivity contribution is -0.132. The van der Waals surface area contributed by atoms with Gasteiger partial charge in [0.05, 0.1) is 7.11 Å². The Hall–Kier alpha value is -3.25. The minimum absolute atomic E-state index is 0.0506. The zero-order valence-corrected chi connectivity index (χ0v) is 20.1. The van der Waals surface area contributed by atoms with Gasteiger partial charge in [0.15, 0.2) is 0 Å². The molecule has 0 saturated carbocycles. The highest BCUT2D eigenvalue weighted by Crippen LogP contribution is 2.29. The average molecular weight is 481 g/mol. The van der Waals surface area contributed by atoms with Crippen molar-refractivity contribution >= 4 is 29.5 Å². The molecule has 4 rings (SSSR count). The summed E-state index contributed by atoms with van der Waals surface area (Å²) < 4.78 is 10.9. The van der Waals surface area contributed by atoms with Gasteiger partial charge in [0, 0.05) is 49.3 Å². The first-order valence-electron chi connectivity index (χ1n) is 11.5. The van der Waals surface area contributed by atoms with E-state index in [-0.39, 0.29) is 11.8 Å². The van der Waals surface area contributed by atoms with Gasteiger partial charge in [0.1, 0.15) is 18.1 Å². The lowest BCUT2D eigenvalue weighted by Gasteiger charge is -2.21. The minimum atomic E-state index is -0.0506. The van der Waals surface area contributed by atoms with Crippen LogP contribution < -0.4 is 9.47 Å². The zero-order chi connectivity index (χ0) is 23.9. The Morgan fingerprint density at radius 3 is 2.62 bits per heavy atom. The van der Waals surface area contributed by atoms with Crippen molar-refractivity contribution in [3.05, 3.63) is 76.3 Å². The number of methoxy groups -OCH3 is 1. The number of amides is 2. The maximum absolute atomic E-state index is 12.8. The lowest BCUT2D eigenvalue weighted by atomic mass is 10.1. The highest BCUT2D eigenvalue weighted by molar-refractivity contribution is 6.30. The number of hydrogen-bond donors (Lipinski definition) is 0. The maximum Gasteiger partial charge on any atom is 0.246 e. The summed E-state index contributed by atoms with van der Waals surface area (Å²) in [5.74, 6) is 1.67. The largest absolute Gasteiger partial charge is 0.497 e. The van der Waals surface area contributed by atoms with Crippen LogP contribution >= 0.6 is 11.6 Å². The van der Waals surface area contributed by atoms with Gasteiger partial charge in [0.25, 0.3) is 0 Å². The number of carbonyl (C=O) groups is 2. The molecule has 0 radical (unpaired) electrons. The van der Waals surface area contributed by atoms with Crippen LogP contribution in [0, 0.1) is 0 Å². The van der Waals surface area contributed by atoms with E-state index in [2.05, 4.69) is 0 Å². The van der Waals surface area contributed by atoms with E-state index in [0.29, 0.717) is 50.7 Å². The fourth-order valence-corrected chi connectivity index (χ4v) is 4.32. The van der Waals surface area contributed by atoms with Crippen molar-refractivity contribution in [3.8, 4) is 11.5 Å². The highest BCUT2D eigenvalue weighted by Gasteiger charge is 2.21. The van der Waals surface area contributed by atoms with Crippen LogP contribution in [0.2, 0.25) is 5.02 Å². The molecule has 2 aliphatic heterocycles. The van der Waals surface area contributed by atoms with Crippen LogP contribution in [0.4, 0.5) is 0 Å². The third-order valence-corrected chi connectivity index (χ3v) is 6.33. The summed E-state index contributed by atoms with van der Waals surface area (Å²) in [6.45, 7) is 2.81. The summed E-state index contributed by atoms with van der Waals surface area (Å²) in [6.07, 6.45) is 7.29. The van der Waals surface area contributed by atoms with Gasteiger partial charge in [-0.25, -0.2) is 0 Å². The molecule has 2 aromatic carbocycles. The fourth-order valence-electron chi connectivity index (χ4n) is 4.13. The molecule has 0 unspecified atom stereocenters. The van der Waals surface area contributed by atoms with Crippen molar-refractivity contribution in [1.82, 2.24) is 9.80 Å². The van der Waals surface area contributed by atoms with Crippen molar-refractivity contribution in [2.24, 2.45) is 0 Å². The molecule has 34 heavy (non-hydrogen) atoms. The Morgan fingerprint density at radius 1 is 1.06 bits per heavy atom. The fraction of sp³-hybridized carbons (Fsp3) is 0.333. The first-order valence-corrected chi connectivity index (χ1v) is 11.9. The van der Waals surface area contributed by atoms with Gasteiger partial charge in [0.2, 0.25) is 11.8 Å². The average Bonchev–Trinajstić information content (AvgIpc) is 3.12. The van der Waals surface area contributed by atoms with Gasteiger partial charge in [-0.15, -0.1) is 0 Å². The second-order valence-electron chi connectivity index (χ2n) is 8.43. The zero-order valence-electron chi connectivity index (χ0n) is 19.3. The molecule has 0 bridgehead atoms. The topological polar surface area (TPSA) is 59.1 Å². The van der Waals surface area contributed by atoms with Crippen molar-refractivity contribution in [3.63, 3.8) is 0 Å². The molecule has 178 valence electrons. The van der Waals surface area contributed by atoms with E-state index in [1.165, 1.54) is 0 Å². The van der Waals surface area contributed by atoms with Gasteiger partial charge < -0.3 is 19.3 Å². The van der Waals surface area contributed by atoms with Gasteiger partial charge >= 0.3 is 0 Å². The second kappa shape index (κ2) is 11.3. The Bertz CT molecular complexity index is 1090. The smallest absolute Gasteiger partial charge is 0.246 e. The van der Waals surface area contributed by atoms with Crippen LogP contribution in [0.25, 0.3) is 6.08 Å². The Labute approximate surface area is 205 Å². The molecule has 2 amide bonds. The molecule has 2 aromatic rings. The summed E-state index contributed by atoms with van der Waals surface area (Å²) in [7, 11) is 1.64. The predicted molar refractivity (Wildman–Crippen MR) is 133 cm³/mol. The number of ether oxygens (including phenoxy) is 2. The summed E-state index contributed by atoms with van der Waals surface area (Å²) in [5, 5.41) is 0.646. The number of halogens is 1. The van der Waals surface area contributed by atoms with Crippen LogP contribution in [0.15, 0.2) is 60.2 Å². The summed E-state index contributed by atoms with van der Waals surface area (Å²) in [6, 6.07) is 13.3. The van der Waals surface area contributed by atoms with Gasteiger partial charge in [-0.3, -0.25) is 9.59 Å². The highest BCUT2D eigenvalue weighted by atomic mass is 35.5. The number of fused-ring (bicyclic) bond motifs is 1. The molecule has 7 heteroatoms. The predicted octanol–water partition coefficient (Wildman–Crippen LogP) is 4.37. The lowest BCUT2D eigenvalue weighted by Crippen LogP contribution is -2.36. The molecule has 1 saturated heterocycles. The third kappa shape index (κ3) is 6.20. The molecule has 0 N–H and O–H groups in total. The van der Waals surface area contributed by atoms with Crippen molar-refractivity contribution in [2.75, 3.05) is 39.9 Å². The van der Waals surface area contributed by atoms with E-state index < -0.39 is 0 Å². The Morgan fingerprint density at radius 2 is 1.82 bits per heavy atom. The number of hydrogen-bond acceptors (Lipinski definition) is 4. The number of benzene rings is 2. The first kappa shape index (κ1) is 23.9. The molecule has 1 fully saturated rings. The third-order valence-electron chi connectivity index (χ3n) is 6.09. The second-order valence-corrected chi connectivity index (χ2v) is 8.87. The molecule has 2 heterocycles. The van der Waals surface area contributed by atoms with Gasteiger partial charge in [-0.2, -0.15) is 0 Å². The molecule has 0 aliphatic carbocycles. The molecular formula is C27H29ClN2O4. The summed E-state index contributed by atoms with van der Waals surface area (Å²) in [5.41, 5.74) is 2.93. The van der Waals surface area contributed by atoms with Gasteiger partial charge in [-0.05, 0) is 60.4 Å². The van der Waals surface area contributed by atoms with Gasteiger partial charge in [-0.1, -0.05) is 29.8 Å². The molecule has 0 aromatic heterocycles. The molecule has 0 atom stereocenters. The number of nitrogens with zero attached hydrogens (tertiary/aromatic N) is 2. The number of aryl methyl sites for hydroxylation is 1. The molecule has 6 nitrogen and oxygen atoms in total.